The Balaban J connectivity index is 1.49. The van der Waals surface area contributed by atoms with Crippen LogP contribution in [-0.4, -0.2) is 35.5 Å². The zero-order valence-electron chi connectivity index (χ0n) is 14.3. The number of aromatic nitrogens is 1. The minimum Gasteiger partial charge on any atom is -0.370 e. The number of nitrogens with zero attached hydrogens (tertiary/aromatic N) is 2. The normalized spacial score (nSPS) is 17.1. The van der Waals surface area contributed by atoms with Crippen LogP contribution in [-0.2, 0) is 4.74 Å². The lowest BCUT2D eigenvalue weighted by molar-refractivity contribution is -0.0229. The van der Waals surface area contributed by atoms with Crippen molar-refractivity contribution in [2.75, 3.05) is 19.7 Å². The van der Waals surface area contributed by atoms with E-state index < -0.39 is 0 Å². The van der Waals surface area contributed by atoms with Crippen LogP contribution in [0.1, 0.15) is 22.2 Å². The second-order valence-corrected chi connectivity index (χ2v) is 7.94. The van der Waals surface area contributed by atoms with Crippen LogP contribution in [0.15, 0.2) is 53.9 Å². The van der Waals surface area contributed by atoms with Crippen molar-refractivity contribution in [3.63, 3.8) is 0 Å². The fourth-order valence-corrected chi connectivity index (χ4v) is 4.02. The number of benzene rings is 2. The molecule has 0 bridgehead atoms. The second kappa shape index (κ2) is 7.98. The smallest absolute Gasteiger partial charge is 0.273 e. The molecular weight excluding hydrogens is 403 g/mol. The Labute approximate surface area is 171 Å². The molecule has 1 aliphatic rings. The Kier molecular flexibility index (Phi) is 5.45. The van der Waals surface area contributed by atoms with Crippen molar-refractivity contribution in [3.8, 4) is 10.6 Å². The molecule has 7 heteroatoms. The summed E-state index contributed by atoms with van der Waals surface area (Å²) in [5.41, 5.74) is 2.42. The predicted octanol–water partition coefficient (Wildman–Crippen LogP) is 5.33. The molecule has 138 valence electrons. The molecule has 1 aromatic heterocycles. The lowest BCUT2D eigenvalue weighted by Gasteiger charge is -2.32. The van der Waals surface area contributed by atoms with Gasteiger partial charge in [0.1, 0.15) is 16.8 Å². The van der Waals surface area contributed by atoms with Crippen LogP contribution < -0.4 is 0 Å². The number of rotatable bonds is 3. The second-order valence-electron chi connectivity index (χ2n) is 6.21. The van der Waals surface area contributed by atoms with Gasteiger partial charge in [0.2, 0.25) is 0 Å². The quantitative estimate of drug-likeness (QED) is 0.576. The van der Waals surface area contributed by atoms with Gasteiger partial charge in [-0.2, -0.15) is 0 Å². The SMILES string of the molecule is O=C(c1csc(-c2ccc(Cl)cc2)n1)N1CCOC(c2ccc(Cl)cc2)C1. The summed E-state index contributed by atoms with van der Waals surface area (Å²) in [6.07, 6.45) is -0.158. The summed E-state index contributed by atoms with van der Waals surface area (Å²) in [6, 6.07) is 15.0. The van der Waals surface area contributed by atoms with Gasteiger partial charge in [0.05, 0.1) is 13.2 Å². The molecule has 2 heterocycles. The van der Waals surface area contributed by atoms with Crippen molar-refractivity contribution in [1.82, 2.24) is 9.88 Å². The topological polar surface area (TPSA) is 42.4 Å². The van der Waals surface area contributed by atoms with Crippen LogP contribution in [0.2, 0.25) is 10.0 Å². The maximum Gasteiger partial charge on any atom is 0.273 e. The summed E-state index contributed by atoms with van der Waals surface area (Å²) in [4.78, 5) is 19.2. The van der Waals surface area contributed by atoms with Crippen LogP contribution in [0.3, 0.4) is 0 Å². The van der Waals surface area contributed by atoms with Gasteiger partial charge in [-0.05, 0) is 29.8 Å². The molecule has 1 fully saturated rings. The van der Waals surface area contributed by atoms with Gasteiger partial charge < -0.3 is 9.64 Å². The third kappa shape index (κ3) is 4.17. The van der Waals surface area contributed by atoms with Gasteiger partial charge >= 0.3 is 0 Å². The lowest BCUT2D eigenvalue weighted by Crippen LogP contribution is -2.42. The molecule has 4 nitrogen and oxygen atoms in total. The Morgan fingerprint density at radius 1 is 1.07 bits per heavy atom. The first-order valence-electron chi connectivity index (χ1n) is 8.48. The van der Waals surface area contributed by atoms with Crippen LogP contribution >= 0.6 is 34.5 Å². The molecule has 1 saturated heterocycles. The third-order valence-corrected chi connectivity index (χ3v) is 5.81. The average molecular weight is 419 g/mol. The molecule has 4 rings (SSSR count). The summed E-state index contributed by atoms with van der Waals surface area (Å²) < 4.78 is 5.84. The van der Waals surface area contributed by atoms with E-state index in [0.29, 0.717) is 35.4 Å². The molecule has 1 unspecified atom stereocenters. The van der Waals surface area contributed by atoms with Gasteiger partial charge in [-0.15, -0.1) is 11.3 Å². The summed E-state index contributed by atoms with van der Waals surface area (Å²) in [7, 11) is 0. The van der Waals surface area contributed by atoms with Crippen molar-refractivity contribution in [1.29, 1.82) is 0 Å². The Bertz CT molecular complexity index is 941. The molecule has 0 saturated carbocycles. The third-order valence-electron chi connectivity index (χ3n) is 4.41. The van der Waals surface area contributed by atoms with Gasteiger partial charge in [0.25, 0.3) is 5.91 Å². The first kappa shape index (κ1) is 18.4. The highest BCUT2D eigenvalue weighted by molar-refractivity contribution is 7.13. The molecule has 0 aliphatic carbocycles. The number of amides is 1. The fraction of sp³-hybridized carbons (Fsp3) is 0.200. The predicted molar refractivity (Wildman–Crippen MR) is 109 cm³/mol. The van der Waals surface area contributed by atoms with Gasteiger partial charge in [-0.1, -0.05) is 47.5 Å². The summed E-state index contributed by atoms with van der Waals surface area (Å²) >= 11 is 13.3. The van der Waals surface area contributed by atoms with E-state index in [4.69, 9.17) is 27.9 Å². The molecule has 0 spiro atoms. The van der Waals surface area contributed by atoms with Gasteiger partial charge in [-0.25, -0.2) is 4.98 Å². The van der Waals surface area contributed by atoms with Crippen LogP contribution in [0.4, 0.5) is 0 Å². The lowest BCUT2D eigenvalue weighted by atomic mass is 10.1. The maximum atomic E-state index is 12.9. The zero-order valence-corrected chi connectivity index (χ0v) is 16.6. The van der Waals surface area contributed by atoms with E-state index in [0.717, 1.165) is 16.1 Å². The number of hydrogen-bond donors (Lipinski definition) is 0. The van der Waals surface area contributed by atoms with E-state index in [-0.39, 0.29) is 12.0 Å². The Morgan fingerprint density at radius 2 is 1.74 bits per heavy atom. The van der Waals surface area contributed by atoms with E-state index in [9.17, 15) is 4.79 Å². The molecular formula is C20H16Cl2N2O2S. The van der Waals surface area contributed by atoms with Crippen molar-refractivity contribution < 1.29 is 9.53 Å². The van der Waals surface area contributed by atoms with Gasteiger partial charge in [-0.3, -0.25) is 4.79 Å². The van der Waals surface area contributed by atoms with Crippen molar-refractivity contribution in [2.24, 2.45) is 0 Å². The number of hydrogen-bond acceptors (Lipinski definition) is 4. The minimum atomic E-state index is -0.158. The van der Waals surface area contributed by atoms with Gasteiger partial charge in [0, 0.05) is 27.5 Å². The summed E-state index contributed by atoms with van der Waals surface area (Å²) in [6.45, 7) is 1.54. The zero-order chi connectivity index (χ0) is 18.8. The van der Waals surface area contributed by atoms with Crippen molar-refractivity contribution >= 4 is 40.4 Å². The molecule has 1 aliphatic heterocycles. The number of halogens is 2. The van der Waals surface area contributed by atoms with E-state index in [2.05, 4.69) is 4.98 Å². The minimum absolute atomic E-state index is 0.0753. The van der Waals surface area contributed by atoms with Crippen molar-refractivity contribution in [2.45, 2.75) is 6.10 Å². The Hall–Kier alpha value is -1.92. The highest BCUT2D eigenvalue weighted by atomic mass is 35.5. The van der Waals surface area contributed by atoms with Crippen LogP contribution in [0.5, 0.6) is 0 Å². The molecule has 0 radical (unpaired) electrons. The number of thiazole rings is 1. The molecule has 2 aromatic carbocycles. The van der Waals surface area contributed by atoms with E-state index in [1.54, 1.807) is 10.3 Å². The standard InChI is InChI=1S/C20H16Cl2N2O2S/c21-15-5-1-13(2-6-15)18-11-24(9-10-26-18)20(25)17-12-27-19(23-17)14-3-7-16(22)8-4-14/h1-8,12,18H,9-11H2. The fourth-order valence-electron chi connectivity index (χ4n) is 2.97. The van der Waals surface area contributed by atoms with Crippen LogP contribution in [0, 0.1) is 0 Å². The van der Waals surface area contributed by atoms with Gasteiger partial charge in [0.15, 0.2) is 0 Å². The van der Waals surface area contributed by atoms with Crippen LogP contribution in [0.25, 0.3) is 10.6 Å². The molecule has 0 N–H and O–H groups in total. The van der Waals surface area contributed by atoms with Crippen molar-refractivity contribution in [3.05, 3.63) is 75.2 Å². The maximum absolute atomic E-state index is 12.9. The first-order valence-corrected chi connectivity index (χ1v) is 10.1. The number of carbonyl (C=O) groups is 1. The van der Waals surface area contributed by atoms with E-state index >= 15 is 0 Å². The number of carbonyl (C=O) groups excluding carboxylic acids is 1. The average Bonchev–Trinajstić information content (AvgIpc) is 3.19. The number of ether oxygens (including phenoxy) is 1. The summed E-state index contributed by atoms with van der Waals surface area (Å²) in [5, 5.41) is 3.96. The first-order chi connectivity index (χ1) is 13.1. The van der Waals surface area contributed by atoms with E-state index in [1.807, 2.05) is 48.5 Å². The monoisotopic (exact) mass is 418 g/mol. The number of morpholine rings is 1. The largest absolute Gasteiger partial charge is 0.370 e. The molecule has 1 amide bonds. The molecule has 27 heavy (non-hydrogen) atoms. The highest BCUT2D eigenvalue weighted by Crippen LogP contribution is 2.28. The highest BCUT2D eigenvalue weighted by Gasteiger charge is 2.27. The molecule has 1 atom stereocenters. The summed E-state index contributed by atoms with van der Waals surface area (Å²) in [5.74, 6) is -0.0753. The Morgan fingerprint density at radius 3 is 2.44 bits per heavy atom. The van der Waals surface area contributed by atoms with E-state index in [1.165, 1.54) is 11.3 Å². The molecule has 3 aromatic rings.